The van der Waals surface area contributed by atoms with Crippen LogP contribution in [0.3, 0.4) is 0 Å². The second kappa shape index (κ2) is 7.77. The predicted molar refractivity (Wildman–Crippen MR) is 78.6 cm³/mol. The van der Waals surface area contributed by atoms with Gasteiger partial charge >= 0.3 is 5.97 Å². The van der Waals surface area contributed by atoms with Gasteiger partial charge in [0.2, 0.25) is 0 Å². The van der Waals surface area contributed by atoms with Gasteiger partial charge < -0.3 is 19.9 Å². The lowest BCUT2D eigenvalue weighted by Gasteiger charge is -2.32. The molecule has 2 rings (SSSR count). The number of hydrogen-bond donors (Lipinski definition) is 2. The van der Waals surface area contributed by atoms with E-state index in [1.165, 1.54) is 31.4 Å². The van der Waals surface area contributed by atoms with E-state index in [0.717, 1.165) is 0 Å². The van der Waals surface area contributed by atoms with Gasteiger partial charge in [-0.3, -0.25) is 14.5 Å². The number of methoxy groups -OCH3 is 1. The van der Waals surface area contributed by atoms with Crippen molar-refractivity contribution in [1.82, 2.24) is 10.2 Å². The summed E-state index contributed by atoms with van der Waals surface area (Å²) in [4.78, 5) is 25.9. The van der Waals surface area contributed by atoms with Crippen molar-refractivity contribution in [3.8, 4) is 5.75 Å². The van der Waals surface area contributed by atoms with Crippen molar-refractivity contribution < 1.29 is 24.2 Å². The van der Waals surface area contributed by atoms with Gasteiger partial charge in [-0.25, -0.2) is 0 Å². The van der Waals surface area contributed by atoms with Crippen molar-refractivity contribution in [2.75, 3.05) is 40.0 Å². The van der Waals surface area contributed by atoms with Crippen LogP contribution in [0, 0.1) is 0 Å². The van der Waals surface area contributed by atoms with E-state index < -0.39 is 6.04 Å². The number of phenols is 1. The number of rotatable bonds is 5. The highest BCUT2D eigenvalue weighted by molar-refractivity contribution is 5.94. The van der Waals surface area contributed by atoms with Crippen LogP contribution >= 0.6 is 0 Å². The molecule has 120 valence electrons. The molecule has 0 saturated carbocycles. The molecule has 0 bridgehead atoms. The Balaban J connectivity index is 1.96. The molecular weight excluding hydrogens is 288 g/mol. The molecule has 1 amide bonds. The molecule has 1 saturated heterocycles. The fourth-order valence-electron chi connectivity index (χ4n) is 2.29. The molecule has 0 aliphatic carbocycles. The number of nitrogens with zero attached hydrogens (tertiary/aromatic N) is 1. The molecule has 1 aromatic rings. The highest BCUT2D eigenvalue weighted by Crippen LogP contribution is 2.10. The second-order valence-electron chi connectivity index (χ2n) is 4.94. The van der Waals surface area contributed by atoms with Gasteiger partial charge in [0.1, 0.15) is 11.8 Å². The van der Waals surface area contributed by atoms with Gasteiger partial charge in [-0.15, -0.1) is 0 Å². The first-order valence-corrected chi connectivity index (χ1v) is 7.08. The second-order valence-corrected chi connectivity index (χ2v) is 4.94. The van der Waals surface area contributed by atoms with Crippen molar-refractivity contribution in [2.24, 2.45) is 0 Å². The lowest BCUT2D eigenvalue weighted by atomic mass is 10.2. The molecule has 1 atom stereocenters. The van der Waals surface area contributed by atoms with Crippen LogP contribution in [0.5, 0.6) is 5.75 Å². The van der Waals surface area contributed by atoms with E-state index in [1.807, 2.05) is 4.90 Å². The third kappa shape index (κ3) is 4.19. The Morgan fingerprint density at radius 3 is 2.55 bits per heavy atom. The lowest BCUT2D eigenvalue weighted by molar-refractivity contribution is -0.148. The van der Waals surface area contributed by atoms with Crippen molar-refractivity contribution in [2.45, 2.75) is 6.04 Å². The fraction of sp³-hybridized carbons (Fsp3) is 0.467. The van der Waals surface area contributed by atoms with Crippen LogP contribution in [0.2, 0.25) is 0 Å². The number of hydrogen-bond acceptors (Lipinski definition) is 6. The Morgan fingerprint density at radius 2 is 1.95 bits per heavy atom. The van der Waals surface area contributed by atoms with Crippen molar-refractivity contribution in [3.05, 3.63) is 29.8 Å². The van der Waals surface area contributed by atoms with Crippen LogP contribution in [-0.4, -0.2) is 67.9 Å². The van der Waals surface area contributed by atoms with E-state index in [2.05, 4.69) is 5.32 Å². The third-order valence-corrected chi connectivity index (χ3v) is 3.55. The maximum absolute atomic E-state index is 12.1. The first-order chi connectivity index (χ1) is 10.6. The van der Waals surface area contributed by atoms with E-state index >= 15 is 0 Å². The Kier molecular flexibility index (Phi) is 5.74. The Morgan fingerprint density at radius 1 is 1.32 bits per heavy atom. The SMILES string of the molecule is COC(=O)C(CNC(=O)c1ccc(O)cc1)N1CCOCC1. The third-order valence-electron chi connectivity index (χ3n) is 3.55. The smallest absolute Gasteiger partial charge is 0.324 e. The number of esters is 1. The number of aromatic hydroxyl groups is 1. The van der Waals surface area contributed by atoms with E-state index in [0.29, 0.717) is 31.9 Å². The Labute approximate surface area is 128 Å². The summed E-state index contributed by atoms with van der Waals surface area (Å²) >= 11 is 0. The van der Waals surface area contributed by atoms with E-state index in [4.69, 9.17) is 9.47 Å². The molecule has 0 aromatic heterocycles. The quantitative estimate of drug-likeness (QED) is 0.744. The molecule has 22 heavy (non-hydrogen) atoms. The number of carbonyl (C=O) groups is 2. The van der Waals surface area contributed by atoms with Gasteiger partial charge in [-0.1, -0.05) is 0 Å². The molecule has 1 aromatic carbocycles. The number of amides is 1. The summed E-state index contributed by atoms with van der Waals surface area (Å²) in [5.74, 6) is -0.590. The van der Waals surface area contributed by atoms with Crippen LogP contribution in [0.15, 0.2) is 24.3 Å². The van der Waals surface area contributed by atoms with Crippen molar-refractivity contribution in [3.63, 3.8) is 0 Å². The van der Waals surface area contributed by atoms with Gasteiger partial charge in [0.05, 0.1) is 20.3 Å². The van der Waals surface area contributed by atoms with E-state index in [9.17, 15) is 14.7 Å². The molecule has 0 spiro atoms. The topological polar surface area (TPSA) is 88.1 Å². The summed E-state index contributed by atoms with van der Waals surface area (Å²) in [6, 6.07) is 5.39. The van der Waals surface area contributed by atoms with Crippen LogP contribution < -0.4 is 5.32 Å². The number of nitrogens with one attached hydrogen (secondary N) is 1. The fourth-order valence-corrected chi connectivity index (χ4v) is 2.29. The Hall–Kier alpha value is -2.12. The molecule has 0 radical (unpaired) electrons. The first kappa shape index (κ1) is 16.3. The highest BCUT2D eigenvalue weighted by Gasteiger charge is 2.28. The molecule has 7 heteroatoms. The highest BCUT2D eigenvalue weighted by atomic mass is 16.5. The van der Waals surface area contributed by atoms with Gasteiger partial charge in [-0.2, -0.15) is 0 Å². The summed E-state index contributed by atoms with van der Waals surface area (Å²) in [5.41, 5.74) is 0.420. The molecule has 2 N–H and O–H groups in total. The molecule has 1 unspecified atom stereocenters. The van der Waals surface area contributed by atoms with Crippen LogP contribution in [0.4, 0.5) is 0 Å². The average molecular weight is 308 g/mol. The van der Waals surface area contributed by atoms with Crippen molar-refractivity contribution >= 4 is 11.9 Å². The monoisotopic (exact) mass is 308 g/mol. The van der Waals surface area contributed by atoms with Crippen molar-refractivity contribution in [1.29, 1.82) is 0 Å². The summed E-state index contributed by atoms with van der Waals surface area (Å²) in [6.45, 7) is 2.51. The molecule has 1 aliphatic heterocycles. The molecule has 7 nitrogen and oxygen atoms in total. The van der Waals surface area contributed by atoms with E-state index in [-0.39, 0.29) is 24.2 Å². The molecule has 1 heterocycles. The first-order valence-electron chi connectivity index (χ1n) is 7.08. The molecule has 1 fully saturated rings. The summed E-state index contributed by atoms with van der Waals surface area (Å²) < 4.78 is 10.1. The lowest BCUT2D eigenvalue weighted by Crippen LogP contribution is -2.52. The largest absolute Gasteiger partial charge is 0.508 e. The zero-order chi connectivity index (χ0) is 15.9. The number of carbonyl (C=O) groups excluding carboxylic acids is 2. The van der Waals surface area contributed by atoms with Gasteiger partial charge in [-0.05, 0) is 24.3 Å². The Bertz CT molecular complexity index is 511. The minimum atomic E-state index is -0.532. The maximum atomic E-state index is 12.1. The van der Waals surface area contributed by atoms with E-state index in [1.54, 1.807) is 0 Å². The van der Waals surface area contributed by atoms with Crippen LogP contribution in [0.25, 0.3) is 0 Å². The predicted octanol–water partition coefficient (Wildman–Crippen LogP) is -0.00420. The molecular formula is C15H20N2O5. The normalized spacial score (nSPS) is 16.8. The number of morpholine rings is 1. The van der Waals surface area contributed by atoms with Crippen LogP contribution in [0.1, 0.15) is 10.4 Å². The minimum absolute atomic E-state index is 0.0947. The minimum Gasteiger partial charge on any atom is -0.508 e. The zero-order valence-corrected chi connectivity index (χ0v) is 12.4. The zero-order valence-electron chi connectivity index (χ0n) is 12.4. The van der Waals surface area contributed by atoms with Gasteiger partial charge in [0.15, 0.2) is 0 Å². The van der Waals surface area contributed by atoms with Gasteiger partial charge in [0, 0.05) is 25.2 Å². The number of ether oxygens (including phenoxy) is 2. The molecule has 1 aliphatic rings. The summed E-state index contributed by atoms with van der Waals surface area (Å²) in [6.07, 6.45) is 0. The average Bonchev–Trinajstić information content (AvgIpc) is 2.56. The standard InChI is InChI=1S/C15H20N2O5/c1-21-15(20)13(17-6-8-22-9-7-17)10-16-14(19)11-2-4-12(18)5-3-11/h2-5,13,18H,6-10H2,1H3,(H,16,19). The number of benzene rings is 1. The summed E-state index contributed by atoms with van der Waals surface area (Å²) in [5, 5.41) is 11.9. The summed E-state index contributed by atoms with van der Waals surface area (Å²) in [7, 11) is 1.33. The maximum Gasteiger partial charge on any atom is 0.324 e. The number of phenolic OH excluding ortho intramolecular Hbond substituents is 1. The van der Waals surface area contributed by atoms with Gasteiger partial charge in [0.25, 0.3) is 5.91 Å². The van der Waals surface area contributed by atoms with Crippen LogP contribution in [-0.2, 0) is 14.3 Å².